The largest absolute Gasteiger partial charge is 0.507 e. The van der Waals surface area contributed by atoms with Gasteiger partial charge in [-0.3, -0.25) is 14.3 Å². The normalized spacial score (nSPS) is 11.4. The number of phenolic OH excluding ortho intramolecular Hbond substituents is 1. The topological polar surface area (TPSA) is 161 Å². The number of aromatic nitrogens is 3. The third kappa shape index (κ3) is 4.07. The minimum atomic E-state index is -5.01. The predicted octanol–water partition coefficient (Wildman–Crippen LogP) is 3.25. The van der Waals surface area contributed by atoms with Gasteiger partial charge in [0.05, 0.1) is 34.6 Å². The number of nitriles is 1. The summed E-state index contributed by atoms with van der Waals surface area (Å²) in [6.45, 7) is 1.20. The van der Waals surface area contributed by atoms with Crippen molar-refractivity contribution in [1.29, 1.82) is 5.26 Å². The molecular formula is C24H17F3N6O3. The number of fused-ring (bicyclic) bond motifs is 1. The van der Waals surface area contributed by atoms with Crippen LogP contribution in [0.4, 0.5) is 13.2 Å². The fourth-order valence-electron chi connectivity index (χ4n) is 4.02. The minimum absolute atomic E-state index is 0.0578. The molecule has 2 aromatic carbocycles. The number of amides is 2. The first-order valence-electron chi connectivity index (χ1n) is 10.3. The Bertz CT molecular complexity index is 1580. The van der Waals surface area contributed by atoms with Gasteiger partial charge in [0.1, 0.15) is 11.4 Å². The van der Waals surface area contributed by atoms with Crippen molar-refractivity contribution in [2.75, 3.05) is 0 Å². The van der Waals surface area contributed by atoms with Crippen LogP contribution in [0.5, 0.6) is 5.75 Å². The summed E-state index contributed by atoms with van der Waals surface area (Å²) in [6, 6.07) is 12.0. The van der Waals surface area contributed by atoms with Gasteiger partial charge in [0, 0.05) is 16.8 Å². The zero-order valence-electron chi connectivity index (χ0n) is 18.6. The summed E-state index contributed by atoms with van der Waals surface area (Å²) in [5, 5.41) is 22.9. The highest BCUT2D eigenvalue weighted by Crippen LogP contribution is 2.43. The maximum Gasteiger partial charge on any atom is 0.435 e. The van der Waals surface area contributed by atoms with Crippen LogP contribution in [0.3, 0.4) is 0 Å². The lowest BCUT2D eigenvalue weighted by molar-refractivity contribution is -0.141. The van der Waals surface area contributed by atoms with E-state index >= 15 is 0 Å². The number of primary amides is 2. The molecule has 2 amide bonds. The fourth-order valence-corrected chi connectivity index (χ4v) is 4.02. The van der Waals surface area contributed by atoms with Crippen LogP contribution in [-0.4, -0.2) is 31.7 Å². The van der Waals surface area contributed by atoms with E-state index in [1.165, 1.54) is 37.3 Å². The van der Waals surface area contributed by atoms with Gasteiger partial charge in [0.25, 0.3) is 5.91 Å². The summed E-state index contributed by atoms with van der Waals surface area (Å²) >= 11 is 0. The molecule has 4 rings (SSSR count). The Hall–Kier alpha value is -4.92. The van der Waals surface area contributed by atoms with E-state index in [2.05, 4.69) is 10.1 Å². The summed E-state index contributed by atoms with van der Waals surface area (Å²) < 4.78 is 43.7. The smallest absolute Gasteiger partial charge is 0.435 e. The number of benzene rings is 2. The third-order valence-corrected chi connectivity index (χ3v) is 5.61. The van der Waals surface area contributed by atoms with E-state index in [0.717, 1.165) is 4.68 Å². The van der Waals surface area contributed by atoms with Gasteiger partial charge in [0.2, 0.25) is 5.91 Å². The summed E-state index contributed by atoms with van der Waals surface area (Å²) in [5.41, 5.74) is 8.06. The van der Waals surface area contributed by atoms with E-state index in [9.17, 15) is 27.9 Å². The van der Waals surface area contributed by atoms with Crippen LogP contribution < -0.4 is 11.5 Å². The molecule has 182 valence electrons. The van der Waals surface area contributed by atoms with Gasteiger partial charge in [-0.15, -0.1) is 0 Å². The highest BCUT2D eigenvalue weighted by molar-refractivity contribution is 6.17. The van der Waals surface area contributed by atoms with Gasteiger partial charge < -0.3 is 16.6 Å². The minimum Gasteiger partial charge on any atom is -0.507 e. The first-order valence-corrected chi connectivity index (χ1v) is 10.3. The van der Waals surface area contributed by atoms with Gasteiger partial charge >= 0.3 is 6.18 Å². The lowest BCUT2D eigenvalue weighted by atomic mass is 9.91. The van der Waals surface area contributed by atoms with Gasteiger partial charge in [0.15, 0.2) is 5.69 Å². The van der Waals surface area contributed by atoms with Crippen LogP contribution in [0.15, 0.2) is 42.5 Å². The van der Waals surface area contributed by atoms with Crippen molar-refractivity contribution in [1.82, 2.24) is 14.8 Å². The van der Waals surface area contributed by atoms with E-state index in [0.29, 0.717) is 11.1 Å². The molecule has 2 heterocycles. The molecule has 0 aliphatic heterocycles. The lowest BCUT2D eigenvalue weighted by Gasteiger charge is -2.16. The molecule has 0 aliphatic carbocycles. The molecule has 0 fully saturated rings. The number of halogens is 3. The fraction of sp³-hybridized carbons (Fsp3) is 0.125. The Labute approximate surface area is 201 Å². The molecule has 5 N–H and O–H groups in total. The van der Waals surface area contributed by atoms with E-state index in [1.807, 2.05) is 6.07 Å². The predicted molar refractivity (Wildman–Crippen MR) is 122 cm³/mol. The average molecular weight is 494 g/mol. The zero-order chi connectivity index (χ0) is 26.4. The number of rotatable bonds is 5. The number of hydrogen-bond acceptors (Lipinski definition) is 6. The van der Waals surface area contributed by atoms with Crippen LogP contribution in [-0.2, 0) is 12.7 Å². The second kappa shape index (κ2) is 8.70. The van der Waals surface area contributed by atoms with Crippen LogP contribution in [0, 0.1) is 18.3 Å². The number of carbonyl (C=O) groups is 2. The number of aromatic hydroxyl groups is 1. The number of carbonyl (C=O) groups excluding carboxylic acids is 2. The lowest BCUT2D eigenvalue weighted by Crippen LogP contribution is -2.21. The number of phenols is 1. The van der Waals surface area contributed by atoms with Gasteiger partial charge in [-0.2, -0.15) is 23.5 Å². The molecule has 0 unspecified atom stereocenters. The first kappa shape index (κ1) is 24.2. The molecular weight excluding hydrogens is 477 g/mol. The number of pyridine rings is 1. The van der Waals surface area contributed by atoms with Crippen LogP contribution >= 0.6 is 0 Å². The summed E-state index contributed by atoms with van der Waals surface area (Å²) in [5.74, 6) is -2.87. The number of nitrogens with two attached hydrogens (primary N) is 2. The van der Waals surface area contributed by atoms with Crippen LogP contribution in [0.1, 0.15) is 43.4 Å². The highest BCUT2D eigenvalue weighted by Gasteiger charge is 2.41. The molecule has 36 heavy (non-hydrogen) atoms. The molecule has 9 nitrogen and oxygen atoms in total. The van der Waals surface area contributed by atoms with Crippen molar-refractivity contribution in [3.05, 3.63) is 76.2 Å². The molecule has 2 aromatic heterocycles. The second-order valence-electron chi connectivity index (χ2n) is 7.88. The molecule has 12 heteroatoms. The van der Waals surface area contributed by atoms with Crippen molar-refractivity contribution >= 4 is 22.7 Å². The van der Waals surface area contributed by atoms with Crippen LogP contribution in [0.2, 0.25) is 0 Å². The third-order valence-electron chi connectivity index (χ3n) is 5.61. The Morgan fingerprint density at radius 3 is 2.31 bits per heavy atom. The van der Waals surface area contributed by atoms with Crippen molar-refractivity contribution in [2.45, 2.75) is 19.6 Å². The summed E-state index contributed by atoms with van der Waals surface area (Å²) in [4.78, 5) is 29.0. The molecule has 0 saturated heterocycles. The molecule has 0 atom stereocenters. The van der Waals surface area contributed by atoms with E-state index in [4.69, 9.17) is 16.7 Å². The van der Waals surface area contributed by atoms with E-state index in [-0.39, 0.29) is 23.1 Å². The second-order valence-corrected chi connectivity index (χ2v) is 7.88. The average Bonchev–Trinajstić information content (AvgIpc) is 3.14. The van der Waals surface area contributed by atoms with Gasteiger partial charge in [-0.05, 0) is 36.8 Å². The Morgan fingerprint density at radius 2 is 1.75 bits per heavy atom. The monoisotopic (exact) mass is 494 g/mol. The maximum atomic E-state index is 14.2. The van der Waals surface area contributed by atoms with Crippen molar-refractivity contribution < 1.29 is 27.9 Å². The van der Waals surface area contributed by atoms with Gasteiger partial charge in [-0.1, -0.05) is 18.2 Å². The van der Waals surface area contributed by atoms with E-state index < -0.39 is 51.8 Å². The molecule has 0 aliphatic rings. The number of nitrogens with zero attached hydrogens (tertiary/aromatic N) is 4. The zero-order valence-corrected chi connectivity index (χ0v) is 18.6. The number of alkyl halides is 3. The Morgan fingerprint density at radius 1 is 1.08 bits per heavy atom. The van der Waals surface area contributed by atoms with E-state index in [1.54, 1.807) is 12.1 Å². The quantitative estimate of drug-likeness (QED) is 0.386. The summed E-state index contributed by atoms with van der Waals surface area (Å²) in [7, 11) is 0. The first-order chi connectivity index (χ1) is 16.9. The molecule has 4 aromatic rings. The van der Waals surface area contributed by atoms with Crippen molar-refractivity contribution in [3.8, 4) is 22.9 Å². The standard InChI is InChI=1S/C24H17F3N6O3/c1-11-16(21(24(25,26)27)32-33(11)10-13-7-5-12(9-28)6-8-13)18-19(22(29)35)17-14(3-2-4-15(17)34)31-20(18)23(30)36/h2-8,34H,10H2,1H3,(H2,29,35)(H2,30,36). The molecule has 0 spiro atoms. The SMILES string of the molecule is Cc1c(-c2c(C(N)=O)nc3cccc(O)c3c2C(N)=O)c(C(F)(F)F)nn1Cc1ccc(C#N)cc1. The Balaban J connectivity index is 2.09. The maximum absolute atomic E-state index is 14.2. The van der Waals surface area contributed by atoms with Gasteiger partial charge in [-0.25, -0.2) is 4.98 Å². The number of hydrogen-bond donors (Lipinski definition) is 3. The molecule has 0 bridgehead atoms. The summed E-state index contributed by atoms with van der Waals surface area (Å²) in [6.07, 6.45) is -5.01. The molecule has 0 radical (unpaired) electrons. The van der Waals surface area contributed by atoms with Crippen molar-refractivity contribution in [2.24, 2.45) is 11.5 Å². The Kier molecular flexibility index (Phi) is 5.85. The molecule has 0 saturated carbocycles. The highest BCUT2D eigenvalue weighted by atomic mass is 19.4. The van der Waals surface area contributed by atoms with Crippen LogP contribution in [0.25, 0.3) is 22.0 Å². The van der Waals surface area contributed by atoms with Crippen molar-refractivity contribution in [3.63, 3.8) is 0 Å².